The van der Waals surface area contributed by atoms with Crippen LogP contribution in [0, 0.1) is 6.92 Å². The van der Waals surface area contributed by atoms with Gasteiger partial charge in [0.05, 0.1) is 19.2 Å². The Balaban J connectivity index is 1.73. The molecule has 2 heterocycles. The summed E-state index contributed by atoms with van der Waals surface area (Å²) in [5.74, 6) is 0.788. The Labute approximate surface area is 187 Å². The predicted molar refractivity (Wildman–Crippen MR) is 124 cm³/mol. The molecular formula is C24H28N6O2. The number of pyridine rings is 1. The molecule has 4 rings (SSSR count). The van der Waals surface area contributed by atoms with Gasteiger partial charge in [0.2, 0.25) is 0 Å². The van der Waals surface area contributed by atoms with E-state index in [0.29, 0.717) is 31.8 Å². The lowest BCUT2D eigenvalue weighted by Gasteiger charge is -2.29. The fourth-order valence-electron chi connectivity index (χ4n) is 3.92. The number of carbonyl (C=O) groups is 1. The van der Waals surface area contributed by atoms with E-state index in [1.807, 2.05) is 54.8 Å². The van der Waals surface area contributed by atoms with Gasteiger partial charge in [-0.3, -0.25) is 0 Å². The number of ether oxygens (including phenoxy) is 1. The van der Waals surface area contributed by atoms with Crippen LogP contribution in [0.3, 0.4) is 0 Å². The van der Waals surface area contributed by atoms with Gasteiger partial charge >= 0.3 is 6.03 Å². The molecule has 0 saturated heterocycles. The maximum atomic E-state index is 13.4. The molecule has 2 amide bonds. The average Bonchev–Trinajstić information content (AvgIpc) is 3.31. The van der Waals surface area contributed by atoms with Crippen LogP contribution >= 0.6 is 0 Å². The second-order valence-corrected chi connectivity index (χ2v) is 7.81. The lowest BCUT2D eigenvalue weighted by atomic mass is 10.1. The van der Waals surface area contributed by atoms with E-state index in [1.54, 1.807) is 11.6 Å². The molecule has 0 aliphatic carbocycles. The van der Waals surface area contributed by atoms with Crippen molar-refractivity contribution in [2.24, 2.45) is 0 Å². The molecule has 0 N–H and O–H groups in total. The molecule has 166 valence electrons. The van der Waals surface area contributed by atoms with Crippen molar-refractivity contribution in [3.63, 3.8) is 0 Å². The molecule has 0 atom stereocenters. The largest absolute Gasteiger partial charge is 0.497 e. The van der Waals surface area contributed by atoms with Crippen molar-refractivity contribution < 1.29 is 9.53 Å². The number of fused-ring (bicyclic) bond motifs is 3. The van der Waals surface area contributed by atoms with Crippen molar-refractivity contribution in [1.29, 1.82) is 0 Å². The molecule has 8 nitrogen and oxygen atoms in total. The lowest BCUT2D eigenvalue weighted by molar-refractivity contribution is 0.152. The van der Waals surface area contributed by atoms with Gasteiger partial charge in [-0.1, -0.05) is 24.3 Å². The number of aromatic nitrogens is 4. The zero-order valence-electron chi connectivity index (χ0n) is 18.9. The topological polar surface area (TPSA) is 75.9 Å². The number of tetrazole rings is 1. The summed E-state index contributed by atoms with van der Waals surface area (Å²) in [6.07, 6.45) is 0. The molecule has 0 unspecified atom stereocenters. The number of hydrogen-bond donors (Lipinski definition) is 0. The van der Waals surface area contributed by atoms with E-state index in [1.165, 1.54) is 0 Å². The van der Waals surface area contributed by atoms with Crippen LogP contribution in [0.5, 0.6) is 5.75 Å². The Morgan fingerprint density at radius 2 is 1.75 bits per heavy atom. The van der Waals surface area contributed by atoms with Gasteiger partial charge in [0, 0.05) is 30.6 Å². The third kappa shape index (κ3) is 4.21. The summed E-state index contributed by atoms with van der Waals surface area (Å²) in [7, 11) is 1.64. The number of benzene rings is 2. The lowest BCUT2D eigenvalue weighted by Crippen LogP contribution is -2.42. The summed E-state index contributed by atoms with van der Waals surface area (Å²) in [6.45, 7) is 8.19. The molecule has 0 bridgehead atoms. The van der Waals surface area contributed by atoms with Crippen molar-refractivity contribution in [2.45, 2.75) is 33.9 Å². The second-order valence-electron chi connectivity index (χ2n) is 7.81. The third-order valence-electron chi connectivity index (χ3n) is 5.70. The molecule has 0 saturated carbocycles. The number of methoxy groups -OCH3 is 1. The minimum Gasteiger partial charge on any atom is -0.497 e. The molecule has 0 radical (unpaired) electrons. The van der Waals surface area contributed by atoms with Gasteiger partial charge < -0.3 is 14.5 Å². The van der Waals surface area contributed by atoms with Gasteiger partial charge in [-0.25, -0.2) is 4.79 Å². The van der Waals surface area contributed by atoms with Crippen LogP contribution in [0.4, 0.5) is 4.79 Å². The molecule has 32 heavy (non-hydrogen) atoms. The van der Waals surface area contributed by atoms with Crippen molar-refractivity contribution in [1.82, 2.24) is 29.8 Å². The van der Waals surface area contributed by atoms with Gasteiger partial charge in [-0.2, -0.15) is 4.52 Å². The summed E-state index contributed by atoms with van der Waals surface area (Å²) < 4.78 is 7.02. The van der Waals surface area contributed by atoms with Crippen molar-refractivity contribution in [3.8, 4) is 5.75 Å². The summed E-state index contributed by atoms with van der Waals surface area (Å²) >= 11 is 0. The Morgan fingerprint density at radius 1 is 1.00 bits per heavy atom. The highest BCUT2D eigenvalue weighted by molar-refractivity contribution is 5.84. The SMILES string of the molecule is CCN(CC)C(=O)N(Cc1ccc(OC)cc1)Cc1cc2ccc(C)cc2n2nnnc12. The van der Waals surface area contributed by atoms with Crippen LogP contribution < -0.4 is 4.74 Å². The van der Waals surface area contributed by atoms with E-state index in [2.05, 4.69) is 39.8 Å². The Hall–Kier alpha value is -3.68. The minimum absolute atomic E-state index is 0.0135. The standard InChI is InChI=1S/C24H28N6O2/c1-5-28(6-2)24(31)29(15-18-8-11-21(32-4)12-9-18)16-20-14-19-10-7-17(3)13-22(19)30-23(20)25-26-27-30/h7-14H,5-6,15-16H2,1-4H3. The summed E-state index contributed by atoms with van der Waals surface area (Å²) in [4.78, 5) is 17.1. The summed E-state index contributed by atoms with van der Waals surface area (Å²) in [5.41, 5.74) is 4.68. The zero-order chi connectivity index (χ0) is 22.7. The molecular weight excluding hydrogens is 404 g/mol. The third-order valence-corrected chi connectivity index (χ3v) is 5.70. The number of nitrogens with zero attached hydrogens (tertiary/aromatic N) is 6. The van der Waals surface area contributed by atoms with E-state index in [-0.39, 0.29) is 6.03 Å². The van der Waals surface area contributed by atoms with E-state index < -0.39 is 0 Å². The van der Waals surface area contributed by atoms with E-state index in [0.717, 1.165) is 33.3 Å². The van der Waals surface area contributed by atoms with Crippen LogP contribution in [0.1, 0.15) is 30.5 Å². The molecule has 8 heteroatoms. The van der Waals surface area contributed by atoms with E-state index >= 15 is 0 Å². The molecule has 0 aliphatic heterocycles. The Kier molecular flexibility index (Phi) is 6.20. The van der Waals surface area contributed by atoms with Gasteiger partial charge in [-0.05, 0) is 66.6 Å². The second kappa shape index (κ2) is 9.21. The van der Waals surface area contributed by atoms with Crippen molar-refractivity contribution in [2.75, 3.05) is 20.2 Å². The quantitative estimate of drug-likeness (QED) is 0.440. The van der Waals surface area contributed by atoms with Gasteiger partial charge in [-0.15, -0.1) is 5.10 Å². The normalized spacial score (nSPS) is 11.1. The van der Waals surface area contributed by atoms with Gasteiger partial charge in [0.15, 0.2) is 5.65 Å². The predicted octanol–water partition coefficient (Wildman–Crippen LogP) is 4.06. The number of rotatable bonds is 7. The monoisotopic (exact) mass is 432 g/mol. The van der Waals surface area contributed by atoms with Crippen LogP contribution in [-0.2, 0) is 13.1 Å². The molecule has 0 aliphatic rings. The van der Waals surface area contributed by atoms with Gasteiger partial charge in [0.1, 0.15) is 5.75 Å². The maximum Gasteiger partial charge on any atom is 0.320 e. The van der Waals surface area contributed by atoms with Crippen LogP contribution in [0.2, 0.25) is 0 Å². The van der Waals surface area contributed by atoms with Crippen molar-refractivity contribution in [3.05, 3.63) is 65.2 Å². The number of carbonyl (C=O) groups excluding carboxylic acids is 1. The van der Waals surface area contributed by atoms with Crippen LogP contribution in [0.25, 0.3) is 16.6 Å². The van der Waals surface area contributed by atoms with E-state index in [9.17, 15) is 4.79 Å². The molecule has 0 spiro atoms. The van der Waals surface area contributed by atoms with E-state index in [4.69, 9.17) is 4.74 Å². The first kappa shape index (κ1) is 21.5. The average molecular weight is 433 g/mol. The number of amides is 2. The minimum atomic E-state index is -0.0135. The smallest absolute Gasteiger partial charge is 0.320 e. The molecule has 4 aromatic rings. The molecule has 2 aromatic heterocycles. The van der Waals surface area contributed by atoms with Crippen LogP contribution in [0.15, 0.2) is 48.5 Å². The number of hydrogen-bond acceptors (Lipinski definition) is 5. The maximum absolute atomic E-state index is 13.4. The Morgan fingerprint density at radius 3 is 2.44 bits per heavy atom. The highest BCUT2D eigenvalue weighted by atomic mass is 16.5. The first-order valence-electron chi connectivity index (χ1n) is 10.8. The first-order valence-corrected chi connectivity index (χ1v) is 10.8. The molecule has 0 fully saturated rings. The van der Waals surface area contributed by atoms with Crippen molar-refractivity contribution >= 4 is 22.6 Å². The summed E-state index contributed by atoms with van der Waals surface area (Å²) in [6, 6.07) is 16.1. The number of aryl methyl sites for hydroxylation is 1. The first-order chi connectivity index (χ1) is 15.5. The summed E-state index contributed by atoms with van der Waals surface area (Å²) in [5, 5.41) is 13.4. The molecule has 2 aromatic carbocycles. The van der Waals surface area contributed by atoms with Crippen LogP contribution in [-0.4, -0.2) is 56.1 Å². The zero-order valence-corrected chi connectivity index (χ0v) is 18.9. The van der Waals surface area contributed by atoms with Gasteiger partial charge in [0.25, 0.3) is 0 Å². The highest BCUT2D eigenvalue weighted by Gasteiger charge is 2.22. The number of urea groups is 1. The Bertz CT molecular complexity index is 1230. The highest BCUT2D eigenvalue weighted by Crippen LogP contribution is 2.23. The fraction of sp³-hybridized carbons (Fsp3) is 0.333. The fourth-order valence-corrected chi connectivity index (χ4v) is 3.92.